The Bertz CT molecular complexity index is 3870. The van der Waals surface area contributed by atoms with Gasteiger partial charge in [-0.05, 0) is 93.3 Å². The Morgan fingerprint density at radius 2 is 1.10 bits per heavy atom. The molecule has 0 aliphatic carbocycles. The molecule has 0 saturated heterocycles. The summed E-state index contributed by atoms with van der Waals surface area (Å²) in [6.07, 6.45) is 15.6. The van der Waals surface area contributed by atoms with Crippen LogP contribution in [0.15, 0.2) is 129 Å². The number of nitrogens with zero attached hydrogens (tertiary/aromatic N) is 14. The monoisotopic (exact) mass is 1100 g/mol. The van der Waals surface area contributed by atoms with Crippen LogP contribution in [0.3, 0.4) is 0 Å². The molecular weight excluding hydrogens is 1050 g/mol. The lowest BCUT2D eigenvalue weighted by Crippen LogP contribution is -2.22. The van der Waals surface area contributed by atoms with Gasteiger partial charge >= 0.3 is 13.2 Å². The van der Waals surface area contributed by atoms with Crippen LogP contribution in [0.1, 0.15) is 36.6 Å². The topological polar surface area (TPSA) is 233 Å². The molecule has 0 aliphatic heterocycles. The fourth-order valence-corrected chi connectivity index (χ4v) is 8.10. The van der Waals surface area contributed by atoms with Crippen molar-refractivity contribution in [2.45, 2.75) is 26.7 Å². The number of likely N-dealkylation sites (N-methyl/N-ethyl adjacent to an activating group) is 1. The SMILES string of the molecule is CN(C)CCn1cc(Oc2ccc(OC(F)F)c(-c3nn(C)cc3NC(=O)c3cnn4cccnc34)c2)cn1.Cc1cc(Oc2ccc(OC(F)F)c(-c3nn(C)cc3NC(=O)c3cnn4cccnc34)c2)ccc1C(=O)N(C)C. The van der Waals surface area contributed by atoms with Crippen LogP contribution >= 0.6 is 0 Å². The predicted octanol–water partition coefficient (Wildman–Crippen LogP) is 8.32. The first kappa shape index (κ1) is 54.6. The number of hydrogen-bond acceptors (Lipinski definition) is 15. The minimum Gasteiger partial charge on any atom is -0.457 e. The predicted molar refractivity (Wildman–Crippen MR) is 283 cm³/mol. The van der Waals surface area contributed by atoms with E-state index in [1.54, 1.807) is 107 Å². The van der Waals surface area contributed by atoms with Crippen LogP contribution < -0.4 is 29.6 Å². The molecule has 3 aromatic carbocycles. The van der Waals surface area contributed by atoms with E-state index in [0.29, 0.717) is 52.0 Å². The number of aromatic nitrogens is 12. The number of benzene rings is 3. The van der Waals surface area contributed by atoms with E-state index in [0.717, 1.165) is 6.54 Å². The number of nitrogens with one attached hydrogen (secondary N) is 2. The number of amides is 3. The number of ether oxygens (including phenoxy) is 4. The van der Waals surface area contributed by atoms with E-state index in [-0.39, 0.29) is 62.4 Å². The first-order valence-electron chi connectivity index (χ1n) is 24.2. The van der Waals surface area contributed by atoms with Gasteiger partial charge in [-0.1, -0.05) is 0 Å². The molecule has 0 spiro atoms. The van der Waals surface area contributed by atoms with Gasteiger partial charge < -0.3 is 39.4 Å². The van der Waals surface area contributed by atoms with Gasteiger partial charge in [-0.15, -0.1) is 0 Å². The Morgan fingerprint density at radius 1 is 0.613 bits per heavy atom. The average molecular weight is 1100 g/mol. The summed E-state index contributed by atoms with van der Waals surface area (Å²) in [5.41, 5.74) is 3.64. The zero-order valence-electron chi connectivity index (χ0n) is 43.8. The van der Waals surface area contributed by atoms with Crippen molar-refractivity contribution >= 4 is 40.4 Å². The molecule has 10 rings (SSSR count). The third-order valence-corrected chi connectivity index (χ3v) is 11.7. The molecule has 0 bridgehead atoms. The molecule has 23 nitrogen and oxygen atoms in total. The number of hydrogen-bond donors (Lipinski definition) is 2. The second kappa shape index (κ2) is 23.6. The van der Waals surface area contributed by atoms with E-state index in [9.17, 15) is 31.9 Å². The molecule has 80 heavy (non-hydrogen) atoms. The lowest BCUT2D eigenvalue weighted by molar-refractivity contribution is -0.0501. The number of fused-ring (bicyclic) bond motifs is 2. The summed E-state index contributed by atoms with van der Waals surface area (Å²) in [6, 6.07) is 17.1. The molecule has 7 aromatic heterocycles. The number of aryl methyl sites for hydroxylation is 3. The summed E-state index contributed by atoms with van der Waals surface area (Å²) in [4.78, 5) is 50.6. The molecule has 2 N–H and O–H groups in total. The lowest BCUT2D eigenvalue weighted by atomic mass is 10.1. The molecule has 0 unspecified atom stereocenters. The fraction of sp³-hybridized carbons (Fsp3) is 0.208. The number of alkyl halides is 4. The highest BCUT2D eigenvalue weighted by atomic mass is 19.3. The molecule has 412 valence electrons. The second-order valence-electron chi connectivity index (χ2n) is 18.1. The third-order valence-electron chi connectivity index (χ3n) is 11.7. The number of rotatable bonds is 18. The van der Waals surface area contributed by atoms with E-state index in [1.807, 2.05) is 19.0 Å². The van der Waals surface area contributed by atoms with Crippen LogP contribution in [-0.2, 0) is 20.6 Å². The highest BCUT2D eigenvalue weighted by molar-refractivity contribution is 6.10. The van der Waals surface area contributed by atoms with Crippen LogP contribution in [0.2, 0.25) is 0 Å². The largest absolute Gasteiger partial charge is 0.457 e. The first-order chi connectivity index (χ1) is 38.4. The Hall–Kier alpha value is -10.2. The van der Waals surface area contributed by atoms with Crippen LogP contribution in [0.4, 0.5) is 28.9 Å². The molecule has 10 aromatic rings. The van der Waals surface area contributed by atoms with E-state index in [4.69, 9.17) is 18.9 Å². The maximum atomic E-state index is 13.3. The summed E-state index contributed by atoms with van der Waals surface area (Å²) in [6.45, 7) is -2.92. The van der Waals surface area contributed by atoms with Gasteiger partial charge in [0.2, 0.25) is 0 Å². The van der Waals surface area contributed by atoms with Crippen molar-refractivity contribution in [1.82, 2.24) is 68.3 Å². The molecule has 0 aliphatic rings. The Morgan fingerprint density at radius 3 is 1.57 bits per heavy atom. The number of halogens is 4. The Labute approximate surface area is 452 Å². The van der Waals surface area contributed by atoms with E-state index in [1.165, 1.54) is 84.5 Å². The van der Waals surface area contributed by atoms with Gasteiger partial charge in [0.15, 0.2) is 17.0 Å². The van der Waals surface area contributed by atoms with Gasteiger partial charge in [-0.3, -0.25) is 28.4 Å². The van der Waals surface area contributed by atoms with Crippen LogP contribution in [0, 0.1) is 6.92 Å². The summed E-state index contributed by atoms with van der Waals surface area (Å²) in [7, 11) is 10.5. The Balaban J connectivity index is 0.000000194. The summed E-state index contributed by atoms with van der Waals surface area (Å²) in [5, 5.41) is 26.9. The third kappa shape index (κ3) is 12.6. The summed E-state index contributed by atoms with van der Waals surface area (Å²) >= 11 is 0. The van der Waals surface area contributed by atoms with Gasteiger partial charge in [-0.25, -0.2) is 19.0 Å². The van der Waals surface area contributed by atoms with Crippen molar-refractivity contribution in [2.24, 2.45) is 14.1 Å². The molecule has 0 radical (unpaired) electrons. The molecular formula is C53H50F4N16O7. The maximum absolute atomic E-state index is 13.3. The minimum atomic E-state index is -3.10. The average Bonchev–Trinajstić information content (AvgIpc) is 4.35. The van der Waals surface area contributed by atoms with Gasteiger partial charge in [0.1, 0.15) is 51.3 Å². The van der Waals surface area contributed by atoms with E-state index >= 15 is 0 Å². The highest BCUT2D eigenvalue weighted by Gasteiger charge is 2.25. The molecule has 0 saturated carbocycles. The quantitative estimate of drug-likeness (QED) is 0.0769. The minimum absolute atomic E-state index is 0.133. The van der Waals surface area contributed by atoms with Crippen LogP contribution in [0.25, 0.3) is 33.8 Å². The maximum Gasteiger partial charge on any atom is 0.387 e. The first-order valence-corrected chi connectivity index (χ1v) is 24.2. The van der Waals surface area contributed by atoms with Gasteiger partial charge in [0.05, 0.1) is 53.8 Å². The van der Waals surface area contributed by atoms with Crippen molar-refractivity contribution in [2.75, 3.05) is 45.4 Å². The molecule has 3 amide bonds. The highest BCUT2D eigenvalue weighted by Crippen LogP contribution is 2.41. The summed E-state index contributed by atoms with van der Waals surface area (Å²) in [5.74, 6) is 0.0868. The van der Waals surface area contributed by atoms with Gasteiger partial charge in [0, 0.05) is 77.5 Å². The standard InChI is InChI=1S/C28H25F2N7O4.C25H25F2N9O3/c1-16-12-17(6-8-19(16)27(39)35(2)3)40-18-7-9-23(41-28(29)30)20(13-18)24-22(15-36(4)34-24)33-26(38)21-14-32-37-11-5-10-31-25(21)37;1-33(2)9-10-35-14-17(12-29-35)38-16-5-6-21(39-25(26)27)18(11-16)22-20(15-34(3)32-22)31-24(37)19-13-30-36-8-4-7-28-23(19)36/h5-15,28H,1-4H3,(H,33,38);4-8,11-15,25H,9-10H2,1-3H3,(H,31,37). The van der Waals surface area contributed by atoms with Crippen molar-refractivity contribution < 1.29 is 50.9 Å². The van der Waals surface area contributed by atoms with Crippen molar-refractivity contribution in [3.05, 3.63) is 151 Å². The zero-order valence-corrected chi connectivity index (χ0v) is 43.8. The summed E-state index contributed by atoms with van der Waals surface area (Å²) < 4.78 is 82.2. The van der Waals surface area contributed by atoms with Gasteiger partial charge in [-0.2, -0.15) is 43.1 Å². The van der Waals surface area contributed by atoms with Crippen molar-refractivity contribution in [1.29, 1.82) is 0 Å². The molecule has 0 fully saturated rings. The fourth-order valence-electron chi connectivity index (χ4n) is 8.10. The Kier molecular flexibility index (Phi) is 16.1. The number of anilines is 2. The molecule has 0 atom stereocenters. The normalized spacial score (nSPS) is 11.3. The van der Waals surface area contributed by atoms with Gasteiger partial charge in [0.25, 0.3) is 17.7 Å². The number of carbonyl (C=O) groups excluding carboxylic acids is 3. The molecule has 27 heteroatoms. The smallest absolute Gasteiger partial charge is 0.387 e. The molecule has 7 heterocycles. The van der Waals surface area contributed by atoms with Crippen molar-refractivity contribution in [3.63, 3.8) is 0 Å². The number of carbonyl (C=O) groups is 3. The zero-order chi connectivity index (χ0) is 56.8. The van der Waals surface area contributed by atoms with Crippen LogP contribution in [-0.4, -0.2) is 134 Å². The van der Waals surface area contributed by atoms with Crippen molar-refractivity contribution in [3.8, 4) is 57.0 Å². The van der Waals surface area contributed by atoms with E-state index in [2.05, 4.69) is 46.1 Å². The lowest BCUT2D eigenvalue weighted by Gasteiger charge is -2.15. The van der Waals surface area contributed by atoms with Crippen LogP contribution in [0.5, 0.6) is 34.5 Å². The second-order valence-corrected chi connectivity index (χ2v) is 18.1. The van der Waals surface area contributed by atoms with E-state index < -0.39 is 25.0 Å².